The minimum absolute atomic E-state index is 0.0438. The molecule has 24 heavy (non-hydrogen) atoms. The number of ether oxygens (including phenoxy) is 1. The number of carbonyl (C=O) groups is 3. The lowest BCUT2D eigenvalue weighted by Gasteiger charge is -2.33. The van der Waals surface area contributed by atoms with E-state index < -0.39 is 17.5 Å². The van der Waals surface area contributed by atoms with Crippen LogP contribution in [0.25, 0.3) is 0 Å². The van der Waals surface area contributed by atoms with Crippen LogP contribution in [-0.4, -0.2) is 23.3 Å². The Balaban J connectivity index is 1.80. The van der Waals surface area contributed by atoms with Crippen LogP contribution in [0.15, 0.2) is 48.5 Å². The van der Waals surface area contributed by atoms with Crippen molar-refractivity contribution in [3.63, 3.8) is 0 Å². The van der Waals surface area contributed by atoms with Crippen molar-refractivity contribution in [1.29, 1.82) is 0 Å². The molecule has 0 unspecified atom stereocenters. The van der Waals surface area contributed by atoms with Gasteiger partial charge in [0.05, 0.1) is 5.56 Å². The molecule has 0 radical (unpaired) electrons. The second kappa shape index (κ2) is 5.92. The molecular formula is C19H17NO4. The van der Waals surface area contributed by atoms with Gasteiger partial charge < -0.3 is 10.1 Å². The Labute approximate surface area is 139 Å². The average molecular weight is 323 g/mol. The summed E-state index contributed by atoms with van der Waals surface area (Å²) in [5.74, 6) is -0.944. The van der Waals surface area contributed by atoms with Crippen LogP contribution < -0.4 is 5.32 Å². The first-order chi connectivity index (χ1) is 11.4. The van der Waals surface area contributed by atoms with Gasteiger partial charge in [0.15, 0.2) is 11.4 Å². The highest BCUT2D eigenvalue weighted by Crippen LogP contribution is 2.29. The number of esters is 1. The van der Waals surface area contributed by atoms with Gasteiger partial charge in [-0.25, -0.2) is 4.79 Å². The van der Waals surface area contributed by atoms with Gasteiger partial charge in [0.25, 0.3) is 5.91 Å². The van der Waals surface area contributed by atoms with E-state index in [1.54, 1.807) is 43.3 Å². The van der Waals surface area contributed by atoms with Crippen LogP contribution in [0.4, 0.5) is 5.69 Å². The molecule has 0 fully saturated rings. The largest absolute Gasteiger partial charge is 0.445 e. The zero-order chi connectivity index (χ0) is 17.3. The molecule has 0 aliphatic carbocycles. The highest BCUT2D eigenvalue weighted by Gasteiger charge is 2.42. The molecule has 122 valence electrons. The number of ketones is 1. The number of carbonyl (C=O) groups excluding carboxylic acids is 3. The Morgan fingerprint density at radius 1 is 1.08 bits per heavy atom. The molecule has 1 aliphatic rings. The second-order valence-corrected chi connectivity index (χ2v) is 6.04. The Morgan fingerprint density at radius 2 is 1.75 bits per heavy atom. The summed E-state index contributed by atoms with van der Waals surface area (Å²) in [6.07, 6.45) is 0.312. The maximum absolute atomic E-state index is 12.6. The highest BCUT2D eigenvalue weighted by atomic mass is 16.6. The van der Waals surface area contributed by atoms with Gasteiger partial charge in [0, 0.05) is 17.7 Å². The van der Waals surface area contributed by atoms with Gasteiger partial charge in [-0.15, -0.1) is 0 Å². The summed E-state index contributed by atoms with van der Waals surface area (Å²) < 4.78 is 5.39. The van der Waals surface area contributed by atoms with Gasteiger partial charge in [0.1, 0.15) is 0 Å². The third-order valence-corrected chi connectivity index (χ3v) is 4.11. The van der Waals surface area contributed by atoms with E-state index in [0.717, 1.165) is 5.56 Å². The first-order valence-electron chi connectivity index (χ1n) is 7.63. The lowest BCUT2D eigenvalue weighted by Crippen LogP contribution is -2.48. The van der Waals surface area contributed by atoms with Crippen molar-refractivity contribution in [1.82, 2.24) is 0 Å². The summed E-state index contributed by atoms with van der Waals surface area (Å²) in [6.45, 7) is 3.08. The van der Waals surface area contributed by atoms with Crippen LogP contribution in [0, 0.1) is 0 Å². The fraction of sp³-hybridized carbons (Fsp3) is 0.211. The maximum atomic E-state index is 12.6. The summed E-state index contributed by atoms with van der Waals surface area (Å²) >= 11 is 0. The summed E-state index contributed by atoms with van der Waals surface area (Å²) in [5.41, 5.74) is 1.12. The monoisotopic (exact) mass is 323 g/mol. The second-order valence-electron chi connectivity index (χ2n) is 6.04. The van der Waals surface area contributed by atoms with Crippen LogP contribution in [0.5, 0.6) is 0 Å². The summed E-state index contributed by atoms with van der Waals surface area (Å²) in [7, 11) is 0. The first-order valence-corrected chi connectivity index (χ1v) is 7.63. The fourth-order valence-electron chi connectivity index (χ4n) is 2.71. The van der Waals surface area contributed by atoms with Gasteiger partial charge >= 0.3 is 5.97 Å². The van der Waals surface area contributed by atoms with E-state index in [2.05, 4.69) is 5.32 Å². The van der Waals surface area contributed by atoms with Crippen molar-refractivity contribution in [2.75, 3.05) is 5.32 Å². The molecule has 0 saturated carbocycles. The van der Waals surface area contributed by atoms with Crippen molar-refractivity contribution in [3.8, 4) is 0 Å². The number of anilines is 1. The Hall–Kier alpha value is -2.95. The zero-order valence-electron chi connectivity index (χ0n) is 13.5. The standard InChI is InChI=1S/C19H17NO4/c1-12(21)13-7-9-15(10-8-13)20-18(23)19(2)11-14-5-3-4-6-16(14)17(22)24-19/h3-10H,11H2,1-2H3,(H,20,23)/t19-/m0/s1. The topological polar surface area (TPSA) is 72.5 Å². The Kier molecular flexibility index (Phi) is 3.93. The molecule has 1 N–H and O–H groups in total. The van der Waals surface area contributed by atoms with Crippen molar-refractivity contribution in [3.05, 3.63) is 65.2 Å². The molecule has 1 amide bonds. The molecule has 3 rings (SSSR count). The minimum atomic E-state index is -1.27. The number of hydrogen-bond donors (Lipinski definition) is 1. The normalized spacial score (nSPS) is 19.2. The minimum Gasteiger partial charge on any atom is -0.445 e. The van der Waals surface area contributed by atoms with E-state index in [-0.39, 0.29) is 5.78 Å². The van der Waals surface area contributed by atoms with E-state index in [1.807, 2.05) is 12.1 Å². The zero-order valence-corrected chi connectivity index (χ0v) is 13.5. The molecule has 5 heteroatoms. The van der Waals surface area contributed by atoms with Crippen LogP contribution in [-0.2, 0) is 16.0 Å². The lowest BCUT2D eigenvalue weighted by atomic mass is 9.89. The molecule has 0 aromatic heterocycles. The van der Waals surface area contributed by atoms with Gasteiger partial charge in [-0.3, -0.25) is 9.59 Å². The average Bonchev–Trinajstić information content (AvgIpc) is 2.55. The molecule has 2 aromatic carbocycles. The van der Waals surface area contributed by atoms with Crippen molar-refractivity contribution < 1.29 is 19.1 Å². The fourth-order valence-corrected chi connectivity index (χ4v) is 2.71. The molecule has 2 aromatic rings. The number of Topliss-reactive ketones (excluding diaryl/α,β-unsaturated/α-hetero) is 1. The number of amides is 1. The van der Waals surface area contributed by atoms with Gasteiger partial charge in [0.2, 0.25) is 0 Å². The molecule has 1 atom stereocenters. The van der Waals surface area contributed by atoms with Gasteiger partial charge in [-0.2, -0.15) is 0 Å². The predicted molar refractivity (Wildman–Crippen MR) is 89.0 cm³/mol. The smallest absolute Gasteiger partial charge is 0.339 e. The first kappa shape index (κ1) is 15.9. The number of benzene rings is 2. The van der Waals surface area contributed by atoms with Gasteiger partial charge in [-0.1, -0.05) is 18.2 Å². The van der Waals surface area contributed by atoms with E-state index >= 15 is 0 Å². The van der Waals surface area contributed by atoms with Crippen molar-refractivity contribution in [2.24, 2.45) is 0 Å². The van der Waals surface area contributed by atoms with Crippen molar-refractivity contribution in [2.45, 2.75) is 25.9 Å². The lowest BCUT2D eigenvalue weighted by molar-refractivity contribution is -0.134. The van der Waals surface area contributed by atoms with E-state index in [4.69, 9.17) is 4.74 Å². The predicted octanol–water partition coefficient (Wildman–Crippen LogP) is 3.00. The molecular weight excluding hydrogens is 306 g/mol. The summed E-state index contributed by atoms with van der Waals surface area (Å²) in [6, 6.07) is 13.7. The number of fused-ring (bicyclic) bond motifs is 1. The number of rotatable bonds is 3. The van der Waals surface area contributed by atoms with Gasteiger partial charge in [-0.05, 0) is 49.7 Å². The van der Waals surface area contributed by atoms with Crippen LogP contribution in [0.3, 0.4) is 0 Å². The van der Waals surface area contributed by atoms with Crippen LogP contribution in [0.2, 0.25) is 0 Å². The molecule has 1 heterocycles. The van der Waals surface area contributed by atoms with Crippen molar-refractivity contribution >= 4 is 23.3 Å². The maximum Gasteiger partial charge on any atom is 0.339 e. The molecule has 0 saturated heterocycles. The third-order valence-electron chi connectivity index (χ3n) is 4.11. The van der Waals surface area contributed by atoms with E-state index in [0.29, 0.717) is 23.2 Å². The SMILES string of the molecule is CC(=O)c1ccc(NC(=O)[C@]2(C)Cc3ccccc3C(=O)O2)cc1. The van der Waals surface area contributed by atoms with Crippen LogP contribution >= 0.6 is 0 Å². The number of cyclic esters (lactones) is 1. The summed E-state index contributed by atoms with van der Waals surface area (Å²) in [5, 5.41) is 2.74. The molecule has 0 bridgehead atoms. The Morgan fingerprint density at radius 3 is 2.42 bits per heavy atom. The quantitative estimate of drug-likeness (QED) is 0.696. The molecule has 5 nitrogen and oxygen atoms in total. The van der Waals surface area contributed by atoms with E-state index in [9.17, 15) is 14.4 Å². The third kappa shape index (κ3) is 2.93. The number of hydrogen-bond acceptors (Lipinski definition) is 4. The van der Waals surface area contributed by atoms with E-state index in [1.165, 1.54) is 6.92 Å². The highest BCUT2D eigenvalue weighted by molar-refractivity contribution is 6.02. The Bertz CT molecular complexity index is 826. The molecule has 1 aliphatic heterocycles. The number of nitrogens with one attached hydrogen (secondary N) is 1. The van der Waals surface area contributed by atoms with Crippen LogP contribution in [0.1, 0.15) is 40.1 Å². The summed E-state index contributed by atoms with van der Waals surface area (Å²) in [4.78, 5) is 36.0. The molecule has 0 spiro atoms.